The minimum Gasteiger partial charge on any atom is -0.492 e. The first-order valence-corrected chi connectivity index (χ1v) is 9.39. The van der Waals surface area contributed by atoms with E-state index in [9.17, 15) is 0 Å². The molecule has 0 radical (unpaired) electrons. The lowest BCUT2D eigenvalue weighted by Gasteiger charge is -2.27. The summed E-state index contributed by atoms with van der Waals surface area (Å²) in [5, 5.41) is 5.48. The molecule has 0 bridgehead atoms. The Morgan fingerprint density at radius 3 is 2.74 bits per heavy atom. The van der Waals surface area contributed by atoms with Gasteiger partial charge < -0.3 is 19.4 Å². The third kappa shape index (κ3) is 2.56. The molecule has 1 N–H and O–H groups in total. The summed E-state index contributed by atoms with van der Waals surface area (Å²) in [5.41, 5.74) is 3.60. The molecule has 0 amide bonds. The number of benzene rings is 3. The molecule has 3 aromatic carbocycles. The van der Waals surface area contributed by atoms with Crippen LogP contribution in [0.4, 0.5) is 0 Å². The van der Waals surface area contributed by atoms with Gasteiger partial charge in [0.25, 0.3) is 0 Å². The van der Waals surface area contributed by atoms with Crippen molar-refractivity contribution in [3.05, 3.63) is 72.3 Å². The smallest absolute Gasteiger partial charge is 0.143 e. The number of para-hydroxylation sites is 1. The molecular formula is C23H22N2O2. The number of nitrogens with one attached hydrogen (secondary N) is 1. The van der Waals surface area contributed by atoms with Crippen molar-refractivity contribution in [1.82, 2.24) is 9.88 Å². The molecule has 0 saturated carbocycles. The highest BCUT2D eigenvalue weighted by Gasteiger charge is 2.28. The summed E-state index contributed by atoms with van der Waals surface area (Å²) in [7, 11) is 1.94. The van der Waals surface area contributed by atoms with Crippen molar-refractivity contribution in [2.45, 2.75) is 6.04 Å². The molecule has 27 heavy (non-hydrogen) atoms. The van der Waals surface area contributed by atoms with Crippen molar-refractivity contribution in [1.29, 1.82) is 0 Å². The van der Waals surface area contributed by atoms with Crippen LogP contribution in [0.1, 0.15) is 11.6 Å². The summed E-state index contributed by atoms with van der Waals surface area (Å²) in [4.78, 5) is 0. The summed E-state index contributed by atoms with van der Waals surface area (Å²) < 4.78 is 14.7. The Balaban J connectivity index is 1.77. The fraction of sp³-hybridized carbons (Fsp3) is 0.217. The first-order valence-electron chi connectivity index (χ1n) is 9.39. The van der Waals surface area contributed by atoms with Crippen LogP contribution < -0.4 is 14.8 Å². The zero-order chi connectivity index (χ0) is 18.2. The van der Waals surface area contributed by atoms with Gasteiger partial charge in [0.2, 0.25) is 0 Å². The van der Waals surface area contributed by atoms with Crippen LogP contribution in [0, 0.1) is 0 Å². The van der Waals surface area contributed by atoms with Gasteiger partial charge in [0.05, 0.1) is 17.1 Å². The molecule has 0 spiro atoms. The molecule has 4 heteroatoms. The van der Waals surface area contributed by atoms with Gasteiger partial charge in [-0.3, -0.25) is 0 Å². The molecule has 136 valence electrons. The predicted molar refractivity (Wildman–Crippen MR) is 109 cm³/mol. The van der Waals surface area contributed by atoms with E-state index in [1.54, 1.807) is 0 Å². The number of nitrogens with zero attached hydrogens (tertiary/aromatic N) is 1. The van der Waals surface area contributed by atoms with Gasteiger partial charge >= 0.3 is 0 Å². The Bertz CT molecular complexity index is 1100. The maximum absolute atomic E-state index is 6.16. The third-order valence-electron chi connectivity index (χ3n) is 5.28. The van der Waals surface area contributed by atoms with Gasteiger partial charge in [0.1, 0.15) is 24.7 Å². The maximum Gasteiger partial charge on any atom is 0.143 e. The van der Waals surface area contributed by atoms with Crippen molar-refractivity contribution in [3.63, 3.8) is 0 Å². The topological polar surface area (TPSA) is 35.4 Å². The van der Waals surface area contributed by atoms with E-state index in [1.165, 1.54) is 16.5 Å². The number of hydrogen-bond donors (Lipinski definition) is 1. The molecule has 0 unspecified atom stereocenters. The van der Waals surface area contributed by atoms with E-state index in [1.807, 2.05) is 7.05 Å². The Labute approximate surface area is 158 Å². The minimum atomic E-state index is 0.147. The molecular weight excluding hydrogens is 337 g/mol. The van der Waals surface area contributed by atoms with Gasteiger partial charge in [0.15, 0.2) is 0 Å². The SMILES string of the molecule is [13CH3]NCCOc1cccc2c1c1cccc3c1n2[C@H](c1ccccc1)CO3. The van der Waals surface area contributed by atoms with Crippen molar-refractivity contribution in [2.24, 2.45) is 0 Å². The van der Waals surface area contributed by atoms with E-state index < -0.39 is 0 Å². The Hall–Kier alpha value is -2.98. The first-order chi connectivity index (χ1) is 13.4. The molecule has 4 nitrogen and oxygen atoms in total. The monoisotopic (exact) mass is 359 g/mol. The molecule has 1 aliphatic rings. The molecule has 1 aromatic heterocycles. The maximum atomic E-state index is 6.16. The zero-order valence-corrected chi connectivity index (χ0v) is 15.3. The highest BCUT2D eigenvalue weighted by Crippen LogP contribution is 2.44. The molecule has 0 aliphatic carbocycles. The lowest BCUT2D eigenvalue weighted by atomic mass is 10.1. The van der Waals surface area contributed by atoms with Crippen LogP contribution in [0.15, 0.2) is 66.7 Å². The van der Waals surface area contributed by atoms with E-state index in [0.717, 1.165) is 28.9 Å². The second kappa shape index (κ2) is 6.63. The van der Waals surface area contributed by atoms with Crippen LogP contribution in [0.5, 0.6) is 11.5 Å². The van der Waals surface area contributed by atoms with Gasteiger partial charge in [-0.05, 0) is 30.8 Å². The number of fused-ring (bicyclic) bond motifs is 3. The van der Waals surface area contributed by atoms with Crippen LogP contribution in [0.2, 0.25) is 0 Å². The summed E-state index contributed by atoms with van der Waals surface area (Å²) in [5.74, 6) is 1.87. The predicted octanol–water partition coefficient (Wildman–Crippen LogP) is 4.37. The average Bonchev–Trinajstić information content (AvgIpc) is 3.07. The highest BCUT2D eigenvalue weighted by molar-refractivity contribution is 6.13. The minimum absolute atomic E-state index is 0.147. The second-order valence-corrected chi connectivity index (χ2v) is 6.86. The molecule has 0 fully saturated rings. The largest absolute Gasteiger partial charge is 0.492 e. The lowest BCUT2D eigenvalue weighted by molar-refractivity contribution is 0.262. The van der Waals surface area contributed by atoms with Crippen molar-refractivity contribution < 1.29 is 9.47 Å². The van der Waals surface area contributed by atoms with Crippen molar-refractivity contribution in [2.75, 3.05) is 26.8 Å². The van der Waals surface area contributed by atoms with Gasteiger partial charge in [-0.2, -0.15) is 0 Å². The van der Waals surface area contributed by atoms with Gasteiger partial charge in [-0.15, -0.1) is 0 Å². The zero-order valence-electron chi connectivity index (χ0n) is 15.3. The summed E-state index contributed by atoms with van der Waals surface area (Å²) in [6.07, 6.45) is 0. The Morgan fingerprint density at radius 2 is 1.89 bits per heavy atom. The molecule has 5 rings (SSSR count). The Morgan fingerprint density at radius 1 is 1.04 bits per heavy atom. The highest BCUT2D eigenvalue weighted by atomic mass is 16.5. The molecule has 2 heterocycles. The first kappa shape index (κ1) is 16.2. The third-order valence-corrected chi connectivity index (χ3v) is 5.28. The van der Waals surface area contributed by atoms with Crippen molar-refractivity contribution >= 4 is 21.8 Å². The molecule has 0 saturated heterocycles. The van der Waals surface area contributed by atoms with E-state index in [2.05, 4.69) is 76.6 Å². The van der Waals surface area contributed by atoms with E-state index in [-0.39, 0.29) is 6.04 Å². The standard InChI is InChI=1S/C23H22N2O2/c1-24-13-14-26-20-11-6-10-18-22(20)17-9-5-12-21-23(17)25(18)19(15-27-21)16-7-3-2-4-8-16/h2-12,19,24H,13-15H2,1H3/t19-/m0/s1/i1+1. The molecule has 4 aromatic rings. The van der Waals surface area contributed by atoms with Gasteiger partial charge in [-0.1, -0.05) is 48.5 Å². The van der Waals surface area contributed by atoms with Crippen molar-refractivity contribution in [3.8, 4) is 11.5 Å². The second-order valence-electron chi connectivity index (χ2n) is 6.86. The number of ether oxygens (including phenoxy) is 2. The summed E-state index contributed by atoms with van der Waals surface area (Å²) >= 11 is 0. The van der Waals surface area contributed by atoms with Gasteiger partial charge in [0, 0.05) is 17.3 Å². The lowest BCUT2D eigenvalue weighted by Crippen LogP contribution is -2.22. The fourth-order valence-corrected chi connectivity index (χ4v) is 4.07. The fourth-order valence-electron chi connectivity index (χ4n) is 4.07. The van der Waals surface area contributed by atoms with E-state index in [0.29, 0.717) is 13.2 Å². The summed E-state index contributed by atoms with van der Waals surface area (Å²) in [6.45, 7) is 2.08. The average molecular weight is 359 g/mol. The number of aromatic nitrogens is 1. The van der Waals surface area contributed by atoms with Crippen LogP contribution >= 0.6 is 0 Å². The quantitative estimate of drug-likeness (QED) is 0.424. The van der Waals surface area contributed by atoms with Crippen LogP contribution in [-0.4, -0.2) is 31.4 Å². The van der Waals surface area contributed by atoms with Crippen LogP contribution in [0.3, 0.4) is 0 Å². The number of rotatable bonds is 5. The number of likely N-dealkylation sites (N-methyl/N-ethyl adjacent to an activating group) is 1. The molecule has 1 aliphatic heterocycles. The normalized spacial score (nSPS) is 15.8. The molecule has 1 atom stereocenters. The number of hydrogen-bond acceptors (Lipinski definition) is 3. The van der Waals surface area contributed by atoms with E-state index >= 15 is 0 Å². The van der Waals surface area contributed by atoms with Gasteiger partial charge in [-0.25, -0.2) is 0 Å². The van der Waals surface area contributed by atoms with E-state index in [4.69, 9.17) is 9.47 Å². The summed E-state index contributed by atoms with van der Waals surface area (Å²) in [6, 6.07) is 23.3. The Kier molecular flexibility index (Phi) is 3.98. The van der Waals surface area contributed by atoms with Crippen LogP contribution in [0.25, 0.3) is 21.8 Å². The van der Waals surface area contributed by atoms with Crippen LogP contribution in [-0.2, 0) is 0 Å².